The second kappa shape index (κ2) is 8.59. The molecule has 0 radical (unpaired) electrons. The third kappa shape index (κ3) is 4.23. The Hall–Kier alpha value is -2.96. The van der Waals surface area contributed by atoms with Gasteiger partial charge in [0.05, 0.1) is 7.11 Å². The molecule has 2 fully saturated rings. The maximum atomic E-state index is 12.9. The third-order valence-corrected chi connectivity index (χ3v) is 5.86. The normalized spacial score (nSPS) is 23.3. The summed E-state index contributed by atoms with van der Waals surface area (Å²) in [4.78, 5) is 27.6. The van der Waals surface area contributed by atoms with E-state index in [4.69, 9.17) is 9.47 Å². The summed E-state index contributed by atoms with van der Waals surface area (Å²) in [5, 5.41) is 7.91. The van der Waals surface area contributed by atoms with Crippen LogP contribution in [0, 0.1) is 5.92 Å². The van der Waals surface area contributed by atoms with Crippen LogP contribution in [0.25, 0.3) is 0 Å². The van der Waals surface area contributed by atoms with Crippen molar-refractivity contribution in [3.8, 4) is 5.88 Å². The minimum absolute atomic E-state index is 0.00523. The second-order valence-electron chi connectivity index (χ2n) is 7.68. The van der Waals surface area contributed by atoms with Gasteiger partial charge in [0.25, 0.3) is 0 Å². The lowest BCUT2D eigenvalue weighted by atomic mass is 9.76. The van der Waals surface area contributed by atoms with Gasteiger partial charge < -0.3 is 14.4 Å². The van der Waals surface area contributed by atoms with Gasteiger partial charge in [-0.25, -0.2) is 4.79 Å². The van der Waals surface area contributed by atoms with E-state index >= 15 is 0 Å². The van der Waals surface area contributed by atoms with E-state index < -0.39 is 0 Å². The Morgan fingerprint density at radius 2 is 1.76 bits per heavy atom. The van der Waals surface area contributed by atoms with Crippen molar-refractivity contribution >= 4 is 11.9 Å². The summed E-state index contributed by atoms with van der Waals surface area (Å²) in [6, 6.07) is 13.0. The Labute approximate surface area is 170 Å². The predicted octanol–water partition coefficient (Wildman–Crippen LogP) is 3.64. The smallest absolute Gasteiger partial charge is 0.410 e. The van der Waals surface area contributed by atoms with Crippen molar-refractivity contribution in [1.82, 2.24) is 15.1 Å². The first kappa shape index (κ1) is 19.4. The fourth-order valence-electron chi connectivity index (χ4n) is 4.46. The number of hydrogen-bond donors (Lipinski definition) is 0. The van der Waals surface area contributed by atoms with Gasteiger partial charge in [-0.1, -0.05) is 30.3 Å². The van der Waals surface area contributed by atoms with Crippen LogP contribution in [-0.2, 0) is 11.3 Å². The number of aromatic nitrogens is 2. The fraction of sp³-hybridized carbons (Fsp3) is 0.455. The van der Waals surface area contributed by atoms with Gasteiger partial charge in [0, 0.05) is 24.1 Å². The number of ketones is 1. The van der Waals surface area contributed by atoms with Crippen molar-refractivity contribution in [3.05, 3.63) is 53.7 Å². The van der Waals surface area contributed by atoms with Crippen LogP contribution in [-0.4, -0.2) is 46.2 Å². The Bertz CT molecular complexity index is 842. The minimum atomic E-state index is -0.279. The van der Waals surface area contributed by atoms with Crippen LogP contribution in [0.15, 0.2) is 42.5 Å². The summed E-state index contributed by atoms with van der Waals surface area (Å²) in [6.07, 6.45) is 3.87. The van der Waals surface area contributed by atoms with E-state index in [1.165, 1.54) is 7.11 Å². The summed E-state index contributed by atoms with van der Waals surface area (Å²) < 4.78 is 10.6. The number of fused-ring (bicyclic) bond motifs is 2. The summed E-state index contributed by atoms with van der Waals surface area (Å²) in [7, 11) is 1.51. The SMILES string of the molecule is COc1ccc(C(=O)C2CC3CCCC(C2)N3C(=O)OCc2ccccc2)nn1. The quantitative estimate of drug-likeness (QED) is 0.719. The number of benzene rings is 1. The van der Waals surface area contributed by atoms with Crippen LogP contribution < -0.4 is 4.74 Å². The highest BCUT2D eigenvalue weighted by Gasteiger charge is 2.44. The van der Waals surface area contributed by atoms with Gasteiger partial charge in [-0.15, -0.1) is 10.2 Å². The zero-order valence-electron chi connectivity index (χ0n) is 16.5. The van der Waals surface area contributed by atoms with Gasteiger partial charge in [-0.2, -0.15) is 0 Å². The Morgan fingerprint density at radius 3 is 2.38 bits per heavy atom. The summed E-state index contributed by atoms with van der Waals surface area (Å²) >= 11 is 0. The molecular formula is C22H25N3O4. The fourth-order valence-corrected chi connectivity index (χ4v) is 4.46. The Balaban J connectivity index is 1.41. The molecule has 3 heterocycles. The first-order chi connectivity index (χ1) is 14.2. The summed E-state index contributed by atoms with van der Waals surface area (Å²) in [5.74, 6) is 0.231. The molecule has 0 aliphatic carbocycles. The lowest BCUT2D eigenvalue weighted by molar-refractivity contribution is 0.00460. The number of rotatable bonds is 5. The molecule has 4 rings (SSSR count). The number of ether oxygens (including phenoxy) is 2. The van der Waals surface area contributed by atoms with E-state index in [1.807, 2.05) is 35.2 Å². The maximum absolute atomic E-state index is 12.9. The minimum Gasteiger partial charge on any atom is -0.480 e. The molecule has 1 amide bonds. The van der Waals surface area contributed by atoms with Crippen LogP contribution in [0.3, 0.4) is 0 Å². The standard InChI is InChI=1S/C22H25N3O4/c1-28-20-11-10-19(23-24-20)21(26)16-12-17-8-5-9-18(13-16)25(17)22(27)29-14-15-6-3-2-4-7-15/h2-4,6-7,10-11,16-18H,5,8-9,12-14H2,1H3. The van der Waals surface area contributed by atoms with Crippen molar-refractivity contribution < 1.29 is 19.1 Å². The number of Topliss-reactive ketones (excluding diaryl/α,β-unsaturated/α-hetero) is 1. The number of carbonyl (C=O) groups excluding carboxylic acids is 2. The molecule has 2 aromatic rings. The number of nitrogens with zero attached hydrogens (tertiary/aromatic N) is 3. The van der Waals surface area contributed by atoms with Gasteiger partial charge in [-0.3, -0.25) is 4.79 Å². The lowest BCUT2D eigenvalue weighted by Crippen LogP contribution is -2.55. The number of piperidine rings is 2. The largest absolute Gasteiger partial charge is 0.480 e. The lowest BCUT2D eigenvalue weighted by Gasteiger charge is -2.47. The molecule has 0 N–H and O–H groups in total. The molecule has 2 atom stereocenters. The highest BCUT2D eigenvalue weighted by Crippen LogP contribution is 2.38. The van der Waals surface area contributed by atoms with Crippen molar-refractivity contribution in [2.75, 3.05) is 7.11 Å². The van der Waals surface area contributed by atoms with Gasteiger partial charge >= 0.3 is 6.09 Å². The van der Waals surface area contributed by atoms with Crippen molar-refractivity contribution in [1.29, 1.82) is 0 Å². The van der Waals surface area contributed by atoms with Crippen LogP contribution >= 0.6 is 0 Å². The van der Waals surface area contributed by atoms with Gasteiger partial charge in [0.2, 0.25) is 5.88 Å². The molecule has 7 nitrogen and oxygen atoms in total. The molecule has 1 aromatic carbocycles. The number of carbonyl (C=O) groups is 2. The van der Waals surface area contributed by atoms with Crippen LogP contribution in [0.5, 0.6) is 5.88 Å². The van der Waals surface area contributed by atoms with E-state index in [9.17, 15) is 9.59 Å². The van der Waals surface area contributed by atoms with Gasteiger partial charge in [0.1, 0.15) is 12.3 Å². The topological polar surface area (TPSA) is 81.6 Å². The zero-order chi connectivity index (χ0) is 20.2. The molecule has 2 unspecified atom stereocenters. The summed E-state index contributed by atoms with van der Waals surface area (Å²) in [5.41, 5.74) is 1.32. The molecule has 0 saturated carbocycles. The Kier molecular flexibility index (Phi) is 5.74. The summed E-state index contributed by atoms with van der Waals surface area (Å²) in [6.45, 7) is 0.263. The highest BCUT2D eigenvalue weighted by atomic mass is 16.6. The van der Waals surface area contributed by atoms with Crippen molar-refractivity contribution in [2.45, 2.75) is 50.8 Å². The third-order valence-electron chi connectivity index (χ3n) is 5.86. The Morgan fingerprint density at radius 1 is 1.03 bits per heavy atom. The molecule has 152 valence electrons. The van der Waals surface area contributed by atoms with E-state index in [-0.39, 0.29) is 36.5 Å². The first-order valence-corrected chi connectivity index (χ1v) is 10.1. The second-order valence-corrected chi connectivity index (χ2v) is 7.68. The number of methoxy groups -OCH3 is 1. The first-order valence-electron chi connectivity index (χ1n) is 10.1. The average molecular weight is 395 g/mol. The number of amides is 1. The molecule has 2 aliphatic heterocycles. The molecule has 2 saturated heterocycles. The molecule has 2 aliphatic rings. The van der Waals surface area contributed by atoms with E-state index in [0.29, 0.717) is 24.4 Å². The molecule has 1 aromatic heterocycles. The van der Waals surface area contributed by atoms with E-state index in [1.54, 1.807) is 12.1 Å². The molecule has 2 bridgehead atoms. The van der Waals surface area contributed by atoms with Crippen molar-refractivity contribution in [2.24, 2.45) is 5.92 Å². The average Bonchev–Trinajstić information content (AvgIpc) is 2.77. The highest BCUT2D eigenvalue weighted by molar-refractivity contribution is 5.96. The predicted molar refractivity (Wildman–Crippen MR) is 106 cm³/mol. The van der Waals surface area contributed by atoms with Crippen LogP contribution in [0.2, 0.25) is 0 Å². The maximum Gasteiger partial charge on any atom is 0.410 e. The van der Waals surface area contributed by atoms with Crippen molar-refractivity contribution in [3.63, 3.8) is 0 Å². The molecular weight excluding hydrogens is 370 g/mol. The van der Waals surface area contributed by atoms with Gasteiger partial charge in [0.15, 0.2) is 5.78 Å². The molecule has 29 heavy (non-hydrogen) atoms. The van der Waals surface area contributed by atoms with Crippen LogP contribution in [0.4, 0.5) is 4.79 Å². The zero-order valence-corrected chi connectivity index (χ0v) is 16.5. The molecule has 7 heteroatoms. The molecule has 0 spiro atoms. The van der Waals surface area contributed by atoms with Crippen LogP contribution in [0.1, 0.15) is 48.2 Å². The van der Waals surface area contributed by atoms with E-state index in [0.717, 1.165) is 24.8 Å². The van der Waals surface area contributed by atoms with Gasteiger partial charge in [-0.05, 0) is 43.7 Å². The number of hydrogen-bond acceptors (Lipinski definition) is 6. The monoisotopic (exact) mass is 395 g/mol. The van der Waals surface area contributed by atoms with E-state index in [2.05, 4.69) is 10.2 Å².